The van der Waals surface area contributed by atoms with E-state index in [1.807, 2.05) is 35.2 Å². The number of carbonyl (C=O) groups is 3. The van der Waals surface area contributed by atoms with Gasteiger partial charge in [0, 0.05) is 37.4 Å². The van der Waals surface area contributed by atoms with E-state index in [1.165, 1.54) is 17.7 Å². The van der Waals surface area contributed by atoms with Gasteiger partial charge in [0.15, 0.2) is 0 Å². The molecule has 0 aliphatic carbocycles. The third-order valence-electron chi connectivity index (χ3n) is 6.01. The highest BCUT2D eigenvalue weighted by Gasteiger charge is 2.30. The van der Waals surface area contributed by atoms with Crippen LogP contribution >= 0.6 is 0 Å². The molecule has 188 valence electrons. The average molecular weight is 488 g/mol. The Balaban J connectivity index is 0.000000509. The molecular weight excluding hydrogens is 457 g/mol. The molecule has 2 aromatic carbocycles. The Morgan fingerprint density at radius 3 is 2.31 bits per heavy atom. The van der Waals surface area contributed by atoms with Crippen molar-refractivity contribution in [2.45, 2.75) is 25.4 Å². The highest BCUT2D eigenvalue weighted by molar-refractivity contribution is 6.27. The van der Waals surface area contributed by atoms with Gasteiger partial charge in [-0.25, -0.2) is 14.0 Å². The number of carboxylic acid groups (broad SMARTS) is 2. The molecule has 9 nitrogen and oxygen atoms in total. The molecule has 2 aromatic rings. The van der Waals surface area contributed by atoms with Crippen molar-refractivity contribution in [1.82, 2.24) is 10.2 Å². The zero-order valence-electron chi connectivity index (χ0n) is 19.5. The van der Waals surface area contributed by atoms with Gasteiger partial charge in [-0.15, -0.1) is 0 Å². The molecular formula is C25H30FN3O6. The number of halogens is 1. The number of hydrogen-bond donors (Lipinski definition) is 3. The number of rotatable bonds is 6. The molecule has 3 N–H and O–H groups in total. The van der Waals surface area contributed by atoms with Crippen molar-refractivity contribution >= 4 is 23.5 Å². The van der Waals surface area contributed by atoms with Crippen LogP contribution in [0.15, 0.2) is 48.5 Å². The summed E-state index contributed by atoms with van der Waals surface area (Å²) in [4.78, 5) is 35.4. The van der Waals surface area contributed by atoms with Gasteiger partial charge in [0.25, 0.3) is 0 Å². The van der Waals surface area contributed by atoms with Crippen molar-refractivity contribution in [1.29, 1.82) is 0 Å². The van der Waals surface area contributed by atoms with Gasteiger partial charge in [-0.3, -0.25) is 9.69 Å². The molecule has 0 aromatic heterocycles. The van der Waals surface area contributed by atoms with E-state index in [-0.39, 0.29) is 30.4 Å². The largest absolute Gasteiger partial charge is 0.473 e. The standard InChI is InChI=1S/C23H28FN3O2.C2H2O4/c1-17-14-19-4-2-3-5-21(19)27(17)23(28)16-25-15-22(26-10-12-29-13-11-26)18-6-8-20(24)9-7-18;3-1(4)2(5)6/h2-9,17,22,25H,10-16H2,1H3;(H,3,4)(H,5,6). The molecule has 2 aliphatic heterocycles. The maximum absolute atomic E-state index is 13.4. The molecule has 10 heteroatoms. The molecule has 1 amide bonds. The number of aliphatic carboxylic acids is 2. The van der Waals surface area contributed by atoms with Crippen molar-refractivity contribution in [2.75, 3.05) is 44.3 Å². The molecule has 0 bridgehead atoms. The van der Waals surface area contributed by atoms with E-state index in [1.54, 1.807) is 0 Å². The summed E-state index contributed by atoms with van der Waals surface area (Å²) in [7, 11) is 0. The predicted octanol–water partition coefficient (Wildman–Crippen LogP) is 1.92. The summed E-state index contributed by atoms with van der Waals surface area (Å²) in [5.74, 6) is -3.80. The highest BCUT2D eigenvalue weighted by Crippen LogP contribution is 2.31. The minimum absolute atomic E-state index is 0.0792. The lowest BCUT2D eigenvalue weighted by Crippen LogP contribution is -2.46. The summed E-state index contributed by atoms with van der Waals surface area (Å²) in [5.41, 5.74) is 3.30. The fraction of sp³-hybridized carbons (Fsp3) is 0.400. The van der Waals surface area contributed by atoms with Gasteiger partial charge in [-0.2, -0.15) is 0 Å². The zero-order chi connectivity index (χ0) is 25.4. The fourth-order valence-corrected chi connectivity index (χ4v) is 4.38. The highest BCUT2D eigenvalue weighted by atomic mass is 19.1. The Morgan fingerprint density at radius 1 is 1.06 bits per heavy atom. The molecule has 4 rings (SSSR count). The van der Waals surface area contributed by atoms with Gasteiger partial charge in [-0.1, -0.05) is 30.3 Å². The molecule has 2 atom stereocenters. The van der Waals surface area contributed by atoms with E-state index in [0.717, 1.165) is 30.8 Å². The van der Waals surface area contributed by atoms with Crippen LogP contribution < -0.4 is 10.2 Å². The van der Waals surface area contributed by atoms with Gasteiger partial charge in [0.1, 0.15) is 5.82 Å². The molecule has 0 spiro atoms. The molecule has 35 heavy (non-hydrogen) atoms. The molecule has 2 unspecified atom stereocenters. The van der Waals surface area contributed by atoms with Crippen molar-refractivity contribution in [3.05, 3.63) is 65.5 Å². The number of amides is 1. The number of carbonyl (C=O) groups excluding carboxylic acids is 1. The maximum Gasteiger partial charge on any atom is 0.414 e. The lowest BCUT2D eigenvalue weighted by atomic mass is 10.0. The second kappa shape index (κ2) is 12.4. The van der Waals surface area contributed by atoms with E-state index in [9.17, 15) is 9.18 Å². The number of carboxylic acids is 2. The molecule has 0 saturated carbocycles. The first kappa shape index (κ1) is 26.3. The summed E-state index contributed by atoms with van der Waals surface area (Å²) in [5, 5.41) is 18.1. The van der Waals surface area contributed by atoms with Crippen LogP contribution in [0.4, 0.5) is 10.1 Å². The van der Waals surface area contributed by atoms with Crippen molar-refractivity contribution in [3.63, 3.8) is 0 Å². The predicted molar refractivity (Wildman–Crippen MR) is 127 cm³/mol. The van der Waals surface area contributed by atoms with E-state index >= 15 is 0 Å². The average Bonchev–Trinajstić information content (AvgIpc) is 3.19. The minimum atomic E-state index is -1.82. The van der Waals surface area contributed by atoms with Crippen molar-refractivity contribution in [2.24, 2.45) is 0 Å². The second-order valence-electron chi connectivity index (χ2n) is 8.40. The molecule has 0 radical (unpaired) electrons. The third-order valence-corrected chi connectivity index (χ3v) is 6.01. The monoisotopic (exact) mass is 487 g/mol. The SMILES string of the molecule is CC1Cc2ccccc2N1C(=O)CNCC(c1ccc(F)cc1)N1CCOCC1.O=C(O)C(=O)O. The molecule has 2 heterocycles. The second-order valence-corrected chi connectivity index (χ2v) is 8.40. The Kier molecular flexibility index (Phi) is 9.30. The van der Waals surface area contributed by atoms with Crippen LogP contribution in [0.5, 0.6) is 0 Å². The Hall–Kier alpha value is -3.34. The number of nitrogens with zero attached hydrogens (tertiary/aromatic N) is 2. The summed E-state index contributed by atoms with van der Waals surface area (Å²) in [6, 6.07) is 15.0. The zero-order valence-corrected chi connectivity index (χ0v) is 19.5. The summed E-state index contributed by atoms with van der Waals surface area (Å²) >= 11 is 0. The number of nitrogens with one attached hydrogen (secondary N) is 1. The van der Waals surface area contributed by atoms with Gasteiger partial charge < -0.3 is 25.2 Å². The minimum Gasteiger partial charge on any atom is -0.473 e. The van der Waals surface area contributed by atoms with Crippen molar-refractivity contribution in [3.8, 4) is 0 Å². The number of fused-ring (bicyclic) bond motifs is 1. The topological polar surface area (TPSA) is 119 Å². The van der Waals surface area contributed by atoms with Crippen LogP contribution in [0.2, 0.25) is 0 Å². The Bertz CT molecular complexity index is 1010. The van der Waals surface area contributed by atoms with E-state index < -0.39 is 11.9 Å². The molecule has 1 fully saturated rings. The quantitative estimate of drug-likeness (QED) is 0.529. The summed E-state index contributed by atoms with van der Waals surface area (Å²) in [6.07, 6.45) is 0.897. The van der Waals surface area contributed by atoms with Gasteiger partial charge >= 0.3 is 11.9 Å². The molecule has 2 aliphatic rings. The number of ether oxygens (including phenoxy) is 1. The van der Waals surface area contributed by atoms with E-state index in [4.69, 9.17) is 24.5 Å². The normalized spacial score (nSPS) is 18.2. The van der Waals surface area contributed by atoms with Crippen LogP contribution in [0.1, 0.15) is 24.1 Å². The number of para-hydroxylation sites is 1. The first-order valence-corrected chi connectivity index (χ1v) is 11.4. The van der Waals surface area contributed by atoms with Crippen LogP contribution in [-0.4, -0.2) is 78.4 Å². The fourth-order valence-electron chi connectivity index (χ4n) is 4.38. The lowest BCUT2D eigenvalue weighted by molar-refractivity contribution is -0.159. The van der Waals surface area contributed by atoms with Crippen LogP contribution in [0.25, 0.3) is 0 Å². The van der Waals surface area contributed by atoms with Crippen LogP contribution in [0.3, 0.4) is 0 Å². The number of anilines is 1. The van der Waals surface area contributed by atoms with Gasteiger partial charge in [0.05, 0.1) is 19.8 Å². The van der Waals surface area contributed by atoms with Crippen LogP contribution in [0, 0.1) is 5.82 Å². The van der Waals surface area contributed by atoms with Gasteiger partial charge in [0.2, 0.25) is 5.91 Å². The van der Waals surface area contributed by atoms with E-state index in [2.05, 4.69) is 23.2 Å². The molecule has 1 saturated heterocycles. The Morgan fingerprint density at radius 2 is 1.69 bits per heavy atom. The summed E-state index contributed by atoms with van der Waals surface area (Å²) in [6.45, 7) is 6.04. The number of hydrogen-bond acceptors (Lipinski definition) is 6. The van der Waals surface area contributed by atoms with Crippen LogP contribution in [-0.2, 0) is 25.5 Å². The van der Waals surface area contributed by atoms with Gasteiger partial charge in [-0.05, 0) is 42.7 Å². The third kappa shape index (κ3) is 7.08. The Labute approximate surface area is 203 Å². The number of morpholine rings is 1. The van der Waals surface area contributed by atoms with Crippen molar-refractivity contribution < 1.29 is 33.7 Å². The lowest BCUT2D eigenvalue weighted by Gasteiger charge is -2.35. The first-order valence-electron chi connectivity index (χ1n) is 11.4. The van der Waals surface area contributed by atoms with E-state index in [0.29, 0.717) is 19.8 Å². The smallest absolute Gasteiger partial charge is 0.414 e. The number of benzene rings is 2. The maximum atomic E-state index is 13.4. The summed E-state index contributed by atoms with van der Waals surface area (Å²) < 4.78 is 18.9. The first-order chi connectivity index (χ1) is 16.8.